The summed E-state index contributed by atoms with van der Waals surface area (Å²) in [5.41, 5.74) is 2.77. The first-order valence-corrected chi connectivity index (χ1v) is 9.32. The Kier molecular flexibility index (Phi) is 4.34. The number of aromatic nitrogens is 1. The molecule has 3 atom stereocenters. The zero-order valence-electron chi connectivity index (χ0n) is 15.3. The second-order valence-electron chi connectivity index (χ2n) is 7.43. The summed E-state index contributed by atoms with van der Waals surface area (Å²) in [5, 5.41) is 9.15. The summed E-state index contributed by atoms with van der Waals surface area (Å²) in [7, 11) is 0. The Balaban J connectivity index is 1.60. The SMILES string of the molecule is C=NC1CC2CN(c3ccc(-c4[nH]c(=O)c(C(=O)O)cc4CC)cc3)CC21. The predicted octanol–water partition coefficient (Wildman–Crippen LogP) is 2.83. The number of aromatic carboxylic acids is 1. The Morgan fingerprint density at radius 1 is 1.33 bits per heavy atom. The molecule has 1 aliphatic heterocycles. The van der Waals surface area contributed by atoms with E-state index >= 15 is 0 Å². The lowest BCUT2D eigenvalue weighted by atomic mass is 9.72. The third-order valence-corrected chi connectivity index (χ3v) is 6.02. The molecule has 0 radical (unpaired) electrons. The highest BCUT2D eigenvalue weighted by molar-refractivity contribution is 5.88. The zero-order valence-corrected chi connectivity index (χ0v) is 15.3. The lowest BCUT2D eigenvalue weighted by Crippen LogP contribution is -2.38. The molecule has 6 nitrogen and oxygen atoms in total. The number of fused-ring (bicyclic) bond motifs is 1. The van der Waals surface area contributed by atoms with E-state index in [1.54, 1.807) is 0 Å². The van der Waals surface area contributed by atoms with Crippen LogP contribution in [-0.4, -0.2) is 41.9 Å². The second kappa shape index (κ2) is 6.68. The molecule has 0 spiro atoms. The summed E-state index contributed by atoms with van der Waals surface area (Å²) in [6.07, 6.45) is 1.78. The lowest BCUT2D eigenvalue weighted by Gasteiger charge is -2.35. The van der Waals surface area contributed by atoms with Crippen LogP contribution in [0, 0.1) is 11.8 Å². The number of aryl methyl sites for hydroxylation is 1. The summed E-state index contributed by atoms with van der Waals surface area (Å²) >= 11 is 0. The number of carbonyl (C=O) groups is 1. The van der Waals surface area contributed by atoms with Gasteiger partial charge in [-0.05, 0) is 54.8 Å². The van der Waals surface area contributed by atoms with E-state index in [4.69, 9.17) is 5.11 Å². The normalized spacial score (nSPS) is 23.6. The van der Waals surface area contributed by atoms with Crippen LogP contribution in [0.3, 0.4) is 0 Å². The Hall–Kier alpha value is -2.89. The van der Waals surface area contributed by atoms with E-state index in [9.17, 15) is 9.59 Å². The fourth-order valence-corrected chi connectivity index (χ4v) is 4.40. The average molecular weight is 365 g/mol. The summed E-state index contributed by atoms with van der Waals surface area (Å²) < 4.78 is 0. The fourth-order valence-electron chi connectivity index (χ4n) is 4.40. The average Bonchev–Trinajstić information content (AvgIpc) is 2.99. The number of hydrogen-bond donors (Lipinski definition) is 2. The van der Waals surface area contributed by atoms with Crippen LogP contribution < -0.4 is 10.5 Å². The molecular weight excluding hydrogens is 342 g/mol. The first kappa shape index (κ1) is 17.5. The van der Waals surface area contributed by atoms with Crippen LogP contribution in [0.5, 0.6) is 0 Å². The van der Waals surface area contributed by atoms with Gasteiger partial charge in [0.15, 0.2) is 0 Å². The van der Waals surface area contributed by atoms with E-state index in [2.05, 4.69) is 33.7 Å². The van der Waals surface area contributed by atoms with Crippen molar-refractivity contribution in [2.75, 3.05) is 18.0 Å². The topological polar surface area (TPSA) is 85.8 Å². The molecule has 1 saturated carbocycles. The molecule has 1 aliphatic carbocycles. The molecule has 3 unspecified atom stereocenters. The standard InChI is InChI=1S/C21H23N3O3/c1-3-12-8-16(21(26)27)20(25)23-19(12)13-4-6-15(7-5-13)24-10-14-9-18(22-2)17(14)11-24/h4-8,14,17-18H,2-3,9-11H2,1H3,(H,23,25)(H,26,27). The molecule has 2 aromatic rings. The summed E-state index contributed by atoms with van der Waals surface area (Å²) in [6, 6.07) is 10.0. The van der Waals surface area contributed by atoms with Crippen LogP contribution in [0.15, 0.2) is 40.1 Å². The largest absolute Gasteiger partial charge is 0.477 e. The van der Waals surface area contributed by atoms with Crippen molar-refractivity contribution >= 4 is 18.4 Å². The van der Waals surface area contributed by atoms with Crippen LogP contribution in [0.4, 0.5) is 5.69 Å². The fraction of sp³-hybridized carbons (Fsp3) is 0.381. The van der Waals surface area contributed by atoms with Gasteiger partial charge in [0.25, 0.3) is 5.56 Å². The molecule has 140 valence electrons. The molecule has 1 aromatic heterocycles. The van der Waals surface area contributed by atoms with Gasteiger partial charge in [-0.2, -0.15) is 0 Å². The number of aromatic amines is 1. The third kappa shape index (κ3) is 2.95. The van der Waals surface area contributed by atoms with Crippen molar-refractivity contribution in [1.29, 1.82) is 0 Å². The predicted molar refractivity (Wildman–Crippen MR) is 106 cm³/mol. The molecule has 2 N–H and O–H groups in total. The van der Waals surface area contributed by atoms with Crippen LogP contribution in [0.2, 0.25) is 0 Å². The molecule has 0 bridgehead atoms. The molecule has 1 saturated heterocycles. The van der Waals surface area contributed by atoms with Crippen molar-refractivity contribution in [3.05, 3.63) is 51.8 Å². The van der Waals surface area contributed by atoms with Gasteiger partial charge in [-0.15, -0.1) is 0 Å². The van der Waals surface area contributed by atoms with E-state index in [0.717, 1.165) is 30.6 Å². The van der Waals surface area contributed by atoms with Crippen molar-refractivity contribution in [1.82, 2.24) is 4.98 Å². The molecule has 2 fully saturated rings. The Morgan fingerprint density at radius 3 is 2.70 bits per heavy atom. The molecular formula is C21H23N3O3. The van der Waals surface area contributed by atoms with Gasteiger partial charge in [-0.25, -0.2) is 4.79 Å². The number of anilines is 1. The van der Waals surface area contributed by atoms with Crippen LogP contribution in [0.25, 0.3) is 11.3 Å². The molecule has 6 heteroatoms. The van der Waals surface area contributed by atoms with E-state index in [0.29, 0.717) is 30.0 Å². The van der Waals surface area contributed by atoms with Gasteiger partial charge in [0, 0.05) is 24.7 Å². The van der Waals surface area contributed by atoms with Crippen LogP contribution in [0.1, 0.15) is 29.3 Å². The number of pyridine rings is 1. The number of carboxylic acids is 1. The maximum Gasteiger partial charge on any atom is 0.341 e. The molecule has 0 amide bonds. The number of nitrogens with one attached hydrogen (secondary N) is 1. The minimum atomic E-state index is -1.20. The van der Waals surface area contributed by atoms with E-state index in [1.165, 1.54) is 11.8 Å². The number of hydrogen-bond acceptors (Lipinski definition) is 4. The number of nitrogens with zero attached hydrogens (tertiary/aromatic N) is 2. The summed E-state index contributed by atoms with van der Waals surface area (Å²) in [4.78, 5) is 32.6. The summed E-state index contributed by atoms with van der Waals surface area (Å²) in [6.45, 7) is 7.71. The number of H-pyrrole nitrogens is 1. The molecule has 2 aliphatic rings. The van der Waals surface area contributed by atoms with E-state index in [-0.39, 0.29) is 5.56 Å². The molecule has 27 heavy (non-hydrogen) atoms. The third-order valence-electron chi connectivity index (χ3n) is 6.02. The minimum Gasteiger partial charge on any atom is -0.477 e. The Labute approximate surface area is 157 Å². The first-order valence-electron chi connectivity index (χ1n) is 9.32. The molecule has 2 heterocycles. The van der Waals surface area contributed by atoms with Crippen molar-refractivity contribution in [3.8, 4) is 11.3 Å². The maximum absolute atomic E-state index is 12.1. The van der Waals surface area contributed by atoms with Crippen LogP contribution in [-0.2, 0) is 6.42 Å². The van der Waals surface area contributed by atoms with Crippen molar-refractivity contribution < 1.29 is 9.90 Å². The summed E-state index contributed by atoms with van der Waals surface area (Å²) in [5.74, 6) is 0.129. The van der Waals surface area contributed by atoms with Crippen LogP contribution >= 0.6 is 0 Å². The Bertz CT molecular complexity index is 948. The quantitative estimate of drug-likeness (QED) is 0.798. The molecule has 4 rings (SSSR count). The molecule has 1 aromatic carbocycles. The highest BCUT2D eigenvalue weighted by Crippen LogP contribution is 2.44. The number of aliphatic imine (C=N–C) groups is 1. The van der Waals surface area contributed by atoms with Crippen molar-refractivity contribution in [2.45, 2.75) is 25.8 Å². The first-order chi connectivity index (χ1) is 13.0. The monoisotopic (exact) mass is 365 g/mol. The highest BCUT2D eigenvalue weighted by atomic mass is 16.4. The van der Waals surface area contributed by atoms with E-state index in [1.807, 2.05) is 19.1 Å². The lowest BCUT2D eigenvalue weighted by molar-refractivity contribution is 0.0695. The smallest absolute Gasteiger partial charge is 0.341 e. The number of carboxylic acid groups (broad SMARTS) is 1. The van der Waals surface area contributed by atoms with Crippen molar-refractivity contribution in [2.24, 2.45) is 16.8 Å². The van der Waals surface area contributed by atoms with Gasteiger partial charge in [-0.1, -0.05) is 19.1 Å². The van der Waals surface area contributed by atoms with Gasteiger partial charge < -0.3 is 15.0 Å². The van der Waals surface area contributed by atoms with Gasteiger partial charge in [0.05, 0.1) is 11.7 Å². The highest BCUT2D eigenvalue weighted by Gasteiger charge is 2.46. The Morgan fingerprint density at radius 2 is 2.07 bits per heavy atom. The van der Waals surface area contributed by atoms with Gasteiger partial charge in [0.1, 0.15) is 5.56 Å². The van der Waals surface area contributed by atoms with Gasteiger partial charge in [-0.3, -0.25) is 9.79 Å². The zero-order chi connectivity index (χ0) is 19.1. The van der Waals surface area contributed by atoms with Gasteiger partial charge >= 0.3 is 5.97 Å². The van der Waals surface area contributed by atoms with Gasteiger partial charge in [0.2, 0.25) is 0 Å². The maximum atomic E-state index is 12.1. The number of rotatable bonds is 5. The minimum absolute atomic E-state index is 0.217. The second-order valence-corrected chi connectivity index (χ2v) is 7.43. The number of benzene rings is 1. The van der Waals surface area contributed by atoms with E-state index < -0.39 is 11.5 Å². The van der Waals surface area contributed by atoms with Crippen molar-refractivity contribution in [3.63, 3.8) is 0 Å².